The molecule has 0 saturated carbocycles. The van der Waals surface area contributed by atoms with Gasteiger partial charge in [0.25, 0.3) is 5.91 Å². The molecule has 0 fully saturated rings. The lowest BCUT2D eigenvalue weighted by Crippen LogP contribution is -2.14. The van der Waals surface area contributed by atoms with Gasteiger partial charge in [0.15, 0.2) is 5.82 Å². The fraction of sp³-hybridized carbons (Fsp3) is 0.0455. The van der Waals surface area contributed by atoms with Gasteiger partial charge in [-0.3, -0.25) is 4.79 Å². The van der Waals surface area contributed by atoms with E-state index in [0.717, 1.165) is 5.56 Å². The number of carbonyl (C=O) groups excluding carboxylic acids is 1. The number of rotatable bonds is 5. The van der Waals surface area contributed by atoms with Gasteiger partial charge < -0.3 is 10.1 Å². The Balaban J connectivity index is 1.73. The number of benzene rings is 3. The average molecular weight is 474 g/mol. The van der Waals surface area contributed by atoms with Crippen LogP contribution >= 0.6 is 34.8 Å². The van der Waals surface area contributed by atoms with Crippen LogP contribution in [0.2, 0.25) is 15.1 Å². The molecule has 0 spiro atoms. The minimum Gasteiger partial charge on any atom is -0.497 e. The highest BCUT2D eigenvalue weighted by Crippen LogP contribution is 2.28. The van der Waals surface area contributed by atoms with Gasteiger partial charge in [-0.1, -0.05) is 34.8 Å². The van der Waals surface area contributed by atoms with E-state index < -0.39 is 5.91 Å². The molecule has 0 aliphatic heterocycles. The van der Waals surface area contributed by atoms with Crippen molar-refractivity contribution in [1.29, 1.82) is 0 Å². The van der Waals surface area contributed by atoms with Crippen LogP contribution in [0.15, 0.2) is 66.7 Å². The zero-order valence-corrected chi connectivity index (χ0v) is 18.4. The normalized spacial score (nSPS) is 10.7. The highest BCUT2D eigenvalue weighted by atomic mass is 35.5. The SMILES string of the molecule is COc1ccc(NC(=O)c2nc(-c3ccc(Cl)cc3)n(-c3ccc(Cl)c(Cl)c3)n2)cc1. The molecule has 0 atom stereocenters. The molecule has 3 aromatic carbocycles. The van der Waals surface area contributed by atoms with Crippen LogP contribution in [-0.4, -0.2) is 27.8 Å². The van der Waals surface area contributed by atoms with Crippen LogP contribution in [0.1, 0.15) is 10.6 Å². The van der Waals surface area contributed by atoms with E-state index in [1.54, 1.807) is 73.8 Å². The number of carbonyl (C=O) groups is 1. The molecule has 0 saturated heterocycles. The smallest absolute Gasteiger partial charge is 0.295 e. The quantitative estimate of drug-likeness (QED) is 0.377. The number of amides is 1. The Labute approximate surface area is 193 Å². The van der Waals surface area contributed by atoms with Crippen LogP contribution < -0.4 is 10.1 Å². The first-order chi connectivity index (χ1) is 14.9. The predicted molar refractivity (Wildman–Crippen MR) is 123 cm³/mol. The number of aromatic nitrogens is 3. The minimum atomic E-state index is -0.459. The molecule has 0 aliphatic carbocycles. The van der Waals surface area contributed by atoms with Gasteiger partial charge >= 0.3 is 0 Å². The lowest BCUT2D eigenvalue weighted by atomic mass is 10.2. The van der Waals surface area contributed by atoms with E-state index in [1.165, 1.54) is 4.68 Å². The molecule has 1 amide bonds. The summed E-state index contributed by atoms with van der Waals surface area (Å²) in [6.45, 7) is 0. The third-order valence-corrected chi connectivity index (χ3v) is 5.40. The van der Waals surface area contributed by atoms with Crippen molar-refractivity contribution in [2.24, 2.45) is 0 Å². The maximum absolute atomic E-state index is 12.8. The summed E-state index contributed by atoms with van der Waals surface area (Å²) >= 11 is 18.2. The van der Waals surface area contributed by atoms with Crippen molar-refractivity contribution in [3.8, 4) is 22.8 Å². The van der Waals surface area contributed by atoms with Crippen molar-refractivity contribution >= 4 is 46.4 Å². The molecular formula is C22H15Cl3N4O2. The van der Waals surface area contributed by atoms with Gasteiger partial charge in [0, 0.05) is 16.3 Å². The second kappa shape index (κ2) is 8.98. The van der Waals surface area contributed by atoms with Crippen LogP contribution in [0.3, 0.4) is 0 Å². The lowest BCUT2D eigenvalue weighted by Gasteiger charge is -2.07. The molecule has 1 heterocycles. The van der Waals surface area contributed by atoms with E-state index >= 15 is 0 Å². The maximum Gasteiger partial charge on any atom is 0.295 e. The van der Waals surface area contributed by atoms with Gasteiger partial charge in [0.2, 0.25) is 5.82 Å². The Bertz CT molecular complexity index is 1240. The number of nitrogens with one attached hydrogen (secondary N) is 1. The molecule has 1 N–H and O–H groups in total. The van der Waals surface area contributed by atoms with Crippen LogP contribution in [0, 0.1) is 0 Å². The Morgan fingerprint density at radius 2 is 1.65 bits per heavy atom. The van der Waals surface area contributed by atoms with Crippen molar-refractivity contribution in [3.63, 3.8) is 0 Å². The summed E-state index contributed by atoms with van der Waals surface area (Å²) in [6, 6.07) is 19.1. The number of halogens is 3. The summed E-state index contributed by atoms with van der Waals surface area (Å²) < 4.78 is 6.67. The number of nitrogens with zero attached hydrogens (tertiary/aromatic N) is 3. The lowest BCUT2D eigenvalue weighted by molar-refractivity contribution is 0.101. The Morgan fingerprint density at radius 1 is 0.935 bits per heavy atom. The van der Waals surface area contributed by atoms with Crippen LogP contribution in [0.4, 0.5) is 5.69 Å². The number of hydrogen-bond donors (Lipinski definition) is 1. The molecule has 4 rings (SSSR count). The zero-order chi connectivity index (χ0) is 22.0. The molecule has 4 aromatic rings. The van der Waals surface area contributed by atoms with E-state index in [4.69, 9.17) is 39.5 Å². The number of methoxy groups -OCH3 is 1. The molecule has 1 aromatic heterocycles. The second-order valence-corrected chi connectivity index (χ2v) is 7.71. The summed E-state index contributed by atoms with van der Waals surface area (Å²) in [5.41, 5.74) is 1.92. The first kappa shape index (κ1) is 21.2. The molecule has 0 unspecified atom stereocenters. The standard InChI is InChI=1S/C22H15Cl3N4O2/c1-31-17-9-6-15(7-10-17)26-22(30)20-27-21(13-2-4-14(23)5-3-13)29(28-20)16-8-11-18(24)19(25)12-16/h2-12H,1H3,(H,26,30). The molecular weight excluding hydrogens is 459 g/mol. The average Bonchev–Trinajstić information content (AvgIpc) is 3.22. The van der Waals surface area contributed by atoms with E-state index in [1.807, 2.05) is 0 Å². The molecule has 31 heavy (non-hydrogen) atoms. The third kappa shape index (κ3) is 4.66. The summed E-state index contributed by atoms with van der Waals surface area (Å²) in [7, 11) is 1.57. The van der Waals surface area contributed by atoms with Crippen molar-refractivity contribution in [3.05, 3.63) is 87.6 Å². The first-order valence-electron chi connectivity index (χ1n) is 9.08. The molecule has 0 bridgehead atoms. The fourth-order valence-electron chi connectivity index (χ4n) is 2.85. The summed E-state index contributed by atoms with van der Waals surface area (Å²) in [4.78, 5) is 17.3. The van der Waals surface area contributed by atoms with Gasteiger partial charge in [-0.2, -0.15) is 0 Å². The Morgan fingerprint density at radius 3 is 2.29 bits per heavy atom. The van der Waals surface area contributed by atoms with E-state index in [9.17, 15) is 4.79 Å². The van der Waals surface area contributed by atoms with E-state index in [2.05, 4.69) is 15.4 Å². The molecule has 156 valence electrons. The highest BCUT2D eigenvalue weighted by molar-refractivity contribution is 6.42. The topological polar surface area (TPSA) is 69.0 Å². The van der Waals surface area contributed by atoms with Crippen molar-refractivity contribution in [2.45, 2.75) is 0 Å². The van der Waals surface area contributed by atoms with Crippen LogP contribution in [0.5, 0.6) is 5.75 Å². The molecule has 0 radical (unpaired) electrons. The largest absolute Gasteiger partial charge is 0.497 e. The number of ether oxygens (including phenoxy) is 1. The van der Waals surface area contributed by atoms with Gasteiger partial charge in [0.1, 0.15) is 5.75 Å². The van der Waals surface area contributed by atoms with E-state index in [-0.39, 0.29) is 5.82 Å². The summed E-state index contributed by atoms with van der Waals surface area (Å²) in [6.07, 6.45) is 0. The third-order valence-electron chi connectivity index (χ3n) is 4.41. The summed E-state index contributed by atoms with van der Waals surface area (Å²) in [5, 5.41) is 8.56. The molecule has 9 heteroatoms. The fourth-order valence-corrected chi connectivity index (χ4v) is 3.27. The second-order valence-electron chi connectivity index (χ2n) is 6.46. The van der Waals surface area contributed by atoms with Gasteiger partial charge in [-0.15, -0.1) is 5.10 Å². The molecule has 0 aliphatic rings. The van der Waals surface area contributed by atoms with Crippen molar-refractivity contribution < 1.29 is 9.53 Å². The van der Waals surface area contributed by atoms with Crippen LogP contribution in [-0.2, 0) is 0 Å². The Kier molecular flexibility index (Phi) is 6.13. The highest BCUT2D eigenvalue weighted by Gasteiger charge is 2.19. The Hall–Kier alpha value is -3.06. The maximum atomic E-state index is 12.8. The predicted octanol–water partition coefficient (Wildman–Crippen LogP) is 6.16. The van der Waals surface area contributed by atoms with Crippen LogP contribution in [0.25, 0.3) is 17.1 Å². The van der Waals surface area contributed by atoms with E-state index in [0.29, 0.717) is 38.0 Å². The van der Waals surface area contributed by atoms with Crippen molar-refractivity contribution in [2.75, 3.05) is 12.4 Å². The number of hydrogen-bond acceptors (Lipinski definition) is 4. The monoisotopic (exact) mass is 472 g/mol. The van der Waals surface area contributed by atoms with Gasteiger partial charge in [-0.25, -0.2) is 9.67 Å². The summed E-state index contributed by atoms with van der Waals surface area (Å²) in [5.74, 6) is 0.672. The zero-order valence-electron chi connectivity index (χ0n) is 16.1. The first-order valence-corrected chi connectivity index (χ1v) is 10.2. The van der Waals surface area contributed by atoms with Gasteiger partial charge in [0.05, 0.1) is 22.8 Å². The number of anilines is 1. The minimum absolute atomic E-state index is 0.00756. The van der Waals surface area contributed by atoms with Crippen molar-refractivity contribution in [1.82, 2.24) is 14.8 Å². The molecule has 6 nitrogen and oxygen atoms in total. The van der Waals surface area contributed by atoms with Gasteiger partial charge in [-0.05, 0) is 66.7 Å².